The highest BCUT2D eigenvalue weighted by atomic mass is 19.1. The van der Waals surface area contributed by atoms with E-state index >= 15 is 0 Å². The normalized spacial score (nSPS) is 16.2. The van der Waals surface area contributed by atoms with E-state index in [2.05, 4.69) is 50.3 Å². The van der Waals surface area contributed by atoms with Crippen LogP contribution in [0.3, 0.4) is 0 Å². The fourth-order valence-corrected chi connectivity index (χ4v) is 4.20. The van der Waals surface area contributed by atoms with Gasteiger partial charge in [-0.3, -0.25) is 14.5 Å². The van der Waals surface area contributed by atoms with Crippen molar-refractivity contribution >= 4 is 16.9 Å². The molecule has 2 aromatic heterocycles. The minimum Gasteiger partial charge on any atom is -0.362 e. The molecule has 5 rings (SSSR count). The number of benzene rings is 2. The van der Waals surface area contributed by atoms with Gasteiger partial charge in [-0.2, -0.15) is 0 Å². The monoisotopic (exact) mass is 445 g/mol. The second kappa shape index (κ2) is 9.25. The first-order chi connectivity index (χ1) is 16.0. The number of piperazine rings is 1. The quantitative estimate of drug-likeness (QED) is 0.486. The first kappa shape index (κ1) is 21.5. The SMILES string of the molecule is CC(Nc1cncc(-n2cnc3ccc(CN4CCN(C)CC4)cc32)n1)c1ccc(F)cc1. The number of likely N-dealkylation sites (N-methyl/N-ethyl adjacent to an activating group) is 1. The first-order valence-corrected chi connectivity index (χ1v) is 11.3. The molecule has 1 fully saturated rings. The zero-order chi connectivity index (χ0) is 22.8. The van der Waals surface area contributed by atoms with Crippen molar-refractivity contribution in [1.29, 1.82) is 0 Å². The van der Waals surface area contributed by atoms with Crippen molar-refractivity contribution in [3.8, 4) is 5.82 Å². The molecule has 0 radical (unpaired) electrons. The molecule has 8 heteroatoms. The van der Waals surface area contributed by atoms with Crippen LogP contribution in [-0.2, 0) is 6.54 Å². The van der Waals surface area contributed by atoms with E-state index in [1.54, 1.807) is 30.9 Å². The number of halogens is 1. The van der Waals surface area contributed by atoms with Gasteiger partial charge < -0.3 is 10.2 Å². The van der Waals surface area contributed by atoms with Gasteiger partial charge >= 0.3 is 0 Å². The summed E-state index contributed by atoms with van der Waals surface area (Å²) in [5.74, 6) is 1.11. The molecule has 2 aromatic carbocycles. The highest BCUT2D eigenvalue weighted by molar-refractivity contribution is 5.77. The summed E-state index contributed by atoms with van der Waals surface area (Å²) in [5, 5.41) is 3.36. The van der Waals surface area contributed by atoms with Crippen LogP contribution in [0, 0.1) is 5.82 Å². The van der Waals surface area contributed by atoms with Gasteiger partial charge in [-0.05, 0) is 49.4 Å². The summed E-state index contributed by atoms with van der Waals surface area (Å²) in [4.78, 5) is 18.6. The van der Waals surface area contributed by atoms with Crippen LogP contribution in [0.15, 0.2) is 61.2 Å². The Labute approximate surface area is 192 Å². The van der Waals surface area contributed by atoms with Gasteiger partial charge in [-0.1, -0.05) is 18.2 Å². The summed E-state index contributed by atoms with van der Waals surface area (Å²) in [6.45, 7) is 7.31. The van der Waals surface area contributed by atoms with E-state index in [4.69, 9.17) is 4.98 Å². The number of hydrogen-bond acceptors (Lipinski definition) is 6. The highest BCUT2D eigenvalue weighted by Gasteiger charge is 2.15. The number of rotatable bonds is 6. The highest BCUT2D eigenvalue weighted by Crippen LogP contribution is 2.22. The third-order valence-corrected chi connectivity index (χ3v) is 6.22. The second-order valence-electron chi connectivity index (χ2n) is 8.70. The zero-order valence-corrected chi connectivity index (χ0v) is 18.9. The van der Waals surface area contributed by atoms with Gasteiger partial charge in [-0.25, -0.2) is 14.4 Å². The summed E-state index contributed by atoms with van der Waals surface area (Å²) >= 11 is 0. The van der Waals surface area contributed by atoms with Crippen molar-refractivity contribution in [2.45, 2.75) is 19.5 Å². The third kappa shape index (κ3) is 4.86. The van der Waals surface area contributed by atoms with Crippen LogP contribution in [0.4, 0.5) is 10.2 Å². The zero-order valence-electron chi connectivity index (χ0n) is 18.9. The number of imidazole rings is 1. The van der Waals surface area contributed by atoms with Gasteiger partial charge in [0.2, 0.25) is 0 Å². The lowest BCUT2D eigenvalue weighted by atomic mass is 10.1. The maximum absolute atomic E-state index is 13.2. The molecular weight excluding hydrogens is 417 g/mol. The molecule has 1 aliphatic heterocycles. The summed E-state index contributed by atoms with van der Waals surface area (Å²) < 4.78 is 15.2. The molecule has 33 heavy (non-hydrogen) atoms. The maximum atomic E-state index is 13.2. The van der Waals surface area contributed by atoms with E-state index in [9.17, 15) is 4.39 Å². The van der Waals surface area contributed by atoms with Crippen LogP contribution in [0.1, 0.15) is 24.1 Å². The van der Waals surface area contributed by atoms with Gasteiger partial charge in [0.1, 0.15) is 18.0 Å². The summed E-state index contributed by atoms with van der Waals surface area (Å²) in [6.07, 6.45) is 5.23. The van der Waals surface area contributed by atoms with E-state index < -0.39 is 0 Å². The number of aromatic nitrogens is 4. The number of fused-ring (bicyclic) bond motifs is 1. The summed E-state index contributed by atoms with van der Waals surface area (Å²) in [7, 11) is 2.17. The number of nitrogens with one attached hydrogen (secondary N) is 1. The van der Waals surface area contributed by atoms with Crippen LogP contribution in [0.25, 0.3) is 16.9 Å². The Balaban J connectivity index is 1.37. The number of anilines is 1. The van der Waals surface area contributed by atoms with Crippen molar-refractivity contribution in [2.24, 2.45) is 0 Å². The topological polar surface area (TPSA) is 62.1 Å². The van der Waals surface area contributed by atoms with Crippen molar-refractivity contribution in [2.75, 3.05) is 38.5 Å². The molecule has 0 amide bonds. The van der Waals surface area contributed by atoms with Crippen molar-refractivity contribution in [1.82, 2.24) is 29.3 Å². The molecule has 1 unspecified atom stereocenters. The van der Waals surface area contributed by atoms with Crippen LogP contribution in [0.2, 0.25) is 0 Å². The molecule has 0 saturated carbocycles. The van der Waals surface area contributed by atoms with Crippen LogP contribution < -0.4 is 5.32 Å². The molecule has 4 aromatic rings. The molecule has 0 bridgehead atoms. The van der Waals surface area contributed by atoms with Gasteiger partial charge in [0.15, 0.2) is 5.82 Å². The number of nitrogens with zero attached hydrogens (tertiary/aromatic N) is 6. The molecule has 1 aliphatic rings. The van der Waals surface area contributed by atoms with E-state index in [1.165, 1.54) is 17.7 Å². The first-order valence-electron chi connectivity index (χ1n) is 11.3. The largest absolute Gasteiger partial charge is 0.362 e. The molecule has 170 valence electrons. The molecule has 7 nitrogen and oxygen atoms in total. The molecule has 1 N–H and O–H groups in total. The van der Waals surface area contributed by atoms with Crippen molar-refractivity contribution < 1.29 is 4.39 Å². The molecule has 1 saturated heterocycles. The summed E-state index contributed by atoms with van der Waals surface area (Å²) in [6, 6.07) is 12.9. The average Bonchev–Trinajstić information content (AvgIpc) is 3.24. The van der Waals surface area contributed by atoms with Gasteiger partial charge in [0.25, 0.3) is 0 Å². The average molecular weight is 446 g/mol. The molecule has 1 atom stereocenters. The van der Waals surface area contributed by atoms with Gasteiger partial charge in [-0.15, -0.1) is 0 Å². The molecule has 0 aliphatic carbocycles. The third-order valence-electron chi connectivity index (χ3n) is 6.22. The maximum Gasteiger partial charge on any atom is 0.159 e. The lowest BCUT2D eigenvalue weighted by Crippen LogP contribution is -2.43. The van der Waals surface area contributed by atoms with E-state index in [1.807, 2.05) is 11.5 Å². The number of hydrogen-bond donors (Lipinski definition) is 1. The predicted octanol–water partition coefficient (Wildman–Crippen LogP) is 3.88. The lowest BCUT2D eigenvalue weighted by Gasteiger charge is -2.32. The van der Waals surface area contributed by atoms with Gasteiger partial charge in [0, 0.05) is 38.8 Å². The van der Waals surface area contributed by atoms with E-state index in [0.717, 1.165) is 49.3 Å². The Morgan fingerprint density at radius 2 is 1.82 bits per heavy atom. The van der Waals surface area contributed by atoms with Crippen LogP contribution in [0.5, 0.6) is 0 Å². The van der Waals surface area contributed by atoms with Crippen molar-refractivity contribution in [3.63, 3.8) is 0 Å². The standard InChI is InChI=1S/C25H28FN7/c1-18(20-4-6-21(26)7-5-20)29-24-14-27-15-25(30-24)33-17-28-22-8-3-19(13-23(22)33)16-32-11-9-31(2)10-12-32/h3-8,13-15,17-18H,9-12,16H2,1-2H3,(H,29,30). The Morgan fingerprint density at radius 1 is 1.03 bits per heavy atom. The molecular formula is C25H28FN7. The van der Waals surface area contributed by atoms with Gasteiger partial charge in [0.05, 0.1) is 23.4 Å². The van der Waals surface area contributed by atoms with Crippen LogP contribution >= 0.6 is 0 Å². The Hall–Kier alpha value is -3.36. The fraction of sp³-hybridized carbons (Fsp3) is 0.320. The van der Waals surface area contributed by atoms with E-state index in [0.29, 0.717) is 11.6 Å². The molecule has 0 spiro atoms. The Kier molecular flexibility index (Phi) is 6.02. The van der Waals surface area contributed by atoms with Crippen LogP contribution in [-0.4, -0.2) is 62.5 Å². The minimum atomic E-state index is -0.244. The summed E-state index contributed by atoms with van der Waals surface area (Å²) in [5.41, 5.74) is 4.18. The smallest absolute Gasteiger partial charge is 0.159 e. The fourth-order valence-electron chi connectivity index (χ4n) is 4.20. The van der Waals surface area contributed by atoms with Crippen molar-refractivity contribution in [3.05, 3.63) is 78.1 Å². The minimum absolute atomic E-state index is 0.0372. The predicted molar refractivity (Wildman–Crippen MR) is 128 cm³/mol. The van der Waals surface area contributed by atoms with E-state index in [-0.39, 0.29) is 11.9 Å². The second-order valence-corrected chi connectivity index (χ2v) is 8.70. The molecule has 3 heterocycles. The lowest BCUT2D eigenvalue weighted by molar-refractivity contribution is 0.148. The Bertz CT molecular complexity index is 1230. The Morgan fingerprint density at radius 3 is 2.61 bits per heavy atom.